The van der Waals surface area contributed by atoms with E-state index in [9.17, 15) is 19.5 Å². The number of carboxylic acids is 1. The number of carbonyl (C=O) groups excluding carboxylic acids is 1. The first-order valence-electron chi connectivity index (χ1n) is 13.1. The van der Waals surface area contributed by atoms with Gasteiger partial charge in [-0.25, -0.2) is 9.97 Å². The summed E-state index contributed by atoms with van der Waals surface area (Å²) in [5.74, 6) is -1.11. The minimum atomic E-state index is -1.24. The zero-order chi connectivity index (χ0) is 29.2. The number of nitrogens with one attached hydrogen (secondary N) is 1. The minimum absolute atomic E-state index is 0.127. The molecule has 2 aromatic carbocycles. The molecule has 0 unspecified atom stereocenters. The van der Waals surface area contributed by atoms with E-state index in [1.54, 1.807) is 31.4 Å². The van der Waals surface area contributed by atoms with Gasteiger partial charge in [-0.2, -0.15) is 0 Å². The number of fused-ring (bicyclic) bond motifs is 1. The summed E-state index contributed by atoms with van der Waals surface area (Å²) < 4.78 is 24.1. The van der Waals surface area contributed by atoms with Crippen LogP contribution in [0.1, 0.15) is 9.67 Å². The van der Waals surface area contributed by atoms with Gasteiger partial charge in [0.2, 0.25) is 0 Å². The third-order valence-corrected chi connectivity index (χ3v) is 8.05. The van der Waals surface area contributed by atoms with Gasteiger partial charge in [0.05, 0.1) is 25.6 Å². The van der Waals surface area contributed by atoms with Crippen LogP contribution in [-0.2, 0) is 25.5 Å². The van der Waals surface area contributed by atoms with Crippen LogP contribution in [0.3, 0.4) is 0 Å². The summed E-state index contributed by atoms with van der Waals surface area (Å²) in [5, 5.41) is 12.7. The number of benzene rings is 2. The van der Waals surface area contributed by atoms with Gasteiger partial charge >= 0.3 is 5.97 Å². The molecule has 6 rings (SSSR count). The number of carbonyl (C=O) groups is 2. The maximum atomic E-state index is 13.3. The van der Waals surface area contributed by atoms with Crippen molar-refractivity contribution >= 4 is 28.9 Å². The number of methoxy groups -OCH3 is 1. The maximum Gasteiger partial charge on any atom is 0.323 e. The summed E-state index contributed by atoms with van der Waals surface area (Å²) in [5.41, 5.74) is 0.497. The summed E-state index contributed by atoms with van der Waals surface area (Å²) in [6, 6.07) is 16.1. The lowest BCUT2D eigenvalue weighted by Crippen LogP contribution is -2.35. The number of anilines is 1. The number of aromatic nitrogens is 3. The predicted octanol–water partition coefficient (Wildman–Crippen LogP) is 2.93. The number of carboxylic acid groups (broad SMARTS) is 1. The van der Waals surface area contributed by atoms with E-state index in [1.165, 1.54) is 23.7 Å². The lowest BCUT2D eigenvalue weighted by molar-refractivity contribution is -0.137. The van der Waals surface area contributed by atoms with Crippen molar-refractivity contribution in [1.82, 2.24) is 14.5 Å². The van der Waals surface area contributed by atoms with Crippen molar-refractivity contribution in [3.05, 3.63) is 82.2 Å². The van der Waals surface area contributed by atoms with Crippen molar-refractivity contribution in [3.8, 4) is 27.7 Å². The Hall–Kier alpha value is -4.43. The van der Waals surface area contributed by atoms with Gasteiger partial charge in [0, 0.05) is 18.2 Å². The Morgan fingerprint density at radius 3 is 2.43 bits per heavy atom. The molecule has 4 aromatic rings. The molecule has 2 fully saturated rings. The lowest BCUT2D eigenvalue weighted by Gasteiger charge is -2.18. The van der Waals surface area contributed by atoms with Crippen molar-refractivity contribution in [1.29, 1.82) is 0 Å². The van der Waals surface area contributed by atoms with Crippen molar-refractivity contribution in [2.24, 2.45) is 0 Å². The number of rotatable bonds is 9. The minimum Gasteiger partial charge on any atom is -0.485 e. The predicted molar refractivity (Wildman–Crippen MR) is 152 cm³/mol. The molecule has 12 nitrogen and oxygen atoms in total. The van der Waals surface area contributed by atoms with E-state index in [0.29, 0.717) is 29.5 Å². The standard InChI is InChI=1S/C29H26N4O8S/c1-38-20-14-39-25-21(15-40-24(20)25)41-18-9-7-16(8-10-18)26-30-11-19(29(37)33(26)13-23(34)35)32-27(36)22-12-31-28(42-22)17-5-3-2-4-6-17/h2-12,20-21,24-25H,13-15H2,1H3,(H,32,36)(H,34,35)/t20-,21-,24-,25-/m1/s1. The number of thiazole rings is 1. The van der Waals surface area contributed by atoms with Crippen molar-refractivity contribution in [2.45, 2.75) is 31.0 Å². The average Bonchev–Trinajstić information content (AvgIpc) is 3.74. The van der Waals surface area contributed by atoms with E-state index in [1.807, 2.05) is 30.3 Å². The second-order valence-corrected chi connectivity index (χ2v) is 10.7. The van der Waals surface area contributed by atoms with E-state index < -0.39 is 24.0 Å². The molecule has 0 radical (unpaired) electrons. The summed E-state index contributed by atoms with van der Waals surface area (Å²) in [6.07, 6.45) is 1.77. The molecule has 0 spiro atoms. The molecular formula is C29H26N4O8S. The fraction of sp³-hybridized carbons (Fsp3) is 0.276. The molecule has 1 amide bonds. The molecule has 2 aliphatic rings. The van der Waals surface area contributed by atoms with Gasteiger partial charge in [-0.3, -0.25) is 19.0 Å². The Morgan fingerprint density at radius 2 is 1.71 bits per heavy atom. The average molecular weight is 591 g/mol. The molecule has 2 aromatic heterocycles. The fourth-order valence-electron chi connectivity index (χ4n) is 4.96. The highest BCUT2D eigenvalue weighted by Gasteiger charge is 2.49. The van der Waals surface area contributed by atoms with Crippen LogP contribution in [0.2, 0.25) is 0 Å². The monoisotopic (exact) mass is 590 g/mol. The molecule has 4 heterocycles. The van der Waals surface area contributed by atoms with Gasteiger partial charge in [-0.15, -0.1) is 11.3 Å². The molecular weight excluding hydrogens is 564 g/mol. The molecule has 42 heavy (non-hydrogen) atoms. The molecule has 13 heteroatoms. The van der Waals surface area contributed by atoms with Crippen LogP contribution in [0.4, 0.5) is 5.69 Å². The largest absolute Gasteiger partial charge is 0.485 e. The first-order valence-corrected chi connectivity index (χ1v) is 13.9. The maximum absolute atomic E-state index is 13.3. The van der Waals surface area contributed by atoms with Crippen molar-refractivity contribution in [3.63, 3.8) is 0 Å². The van der Waals surface area contributed by atoms with Gasteiger partial charge in [-0.05, 0) is 24.3 Å². The van der Waals surface area contributed by atoms with E-state index in [-0.39, 0.29) is 40.8 Å². The molecule has 0 bridgehead atoms. The molecule has 2 aliphatic heterocycles. The summed E-state index contributed by atoms with van der Waals surface area (Å²) in [7, 11) is 1.62. The Balaban J connectivity index is 1.20. The second-order valence-electron chi connectivity index (χ2n) is 9.68. The number of nitrogens with zero attached hydrogens (tertiary/aromatic N) is 3. The van der Waals surface area contributed by atoms with E-state index in [4.69, 9.17) is 18.9 Å². The molecule has 0 aliphatic carbocycles. The first kappa shape index (κ1) is 27.7. The van der Waals surface area contributed by atoms with Crippen LogP contribution < -0.4 is 15.6 Å². The highest BCUT2D eigenvalue weighted by molar-refractivity contribution is 7.17. The number of aliphatic carboxylic acids is 1. The van der Waals surface area contributed by atoms with Crippen LogP contribution in [0.5, 0.6) is 5.75 Å². The van der Waals surface area contributed by atoms with Gasteiger partial charge in [0.25, 0.3) is 11.5 Å². The quantitative estimate of drug-likeness (QED) is 0.298. The van der Waals surface area contributed by atoms with Crippen molar-refractivity contribution in [2.75, 3.05) is 25.6 Å². The van der Waals surface area contributed by atoms with E-state index in [2.05, 4.69) is 15.3 Å². The third-order valence-electron chi connectivity index (χ3n) is 7.00. The second kappa shape index (κ2) is 11.8. The zero-order valence-electron chi connectivity index (χ0n) is 22.3. The number of amides is 1. The van der Waals surface area contributed by atoms with Gasteiger partial charge in [0.15, 0.2) is 6.10 Å². The summed E-state index contributed by atoms with van der Waals surface area (Å²) in [4.78, 5) is 46.8. The fourth-order valence-corrected chi connectivity index (χ4v) is 5.77. The number of ether oxygens (including phenoxy) is 4. The highest BCUT2D eigenvalue weighted by atomic mass is 32.1. The van der Waals surface area contributed by atoms with Crippen LogP contribution in [-0.4, -0.2) is 76.3 Å². The lowest BCUT2D eigenvalue weighted by atomic mass is 10.1. The smallest absolute Gasteiger partial charge is 0.323 e. The van der Waals surface area contributed by atoms with Gasteiger partial charge < -0.3 is 29.4 Å². The van der Waals surface area contributed by atoms with Gasteiger partial charge in [-0.1, -0.05) is 30.3 Å². The third kappa shape index (κ3) is 5.54. The van der Waals surface area contributed by atoms with Crippen LogP contribution in [0.15, 0.2) is 71.8 Å². The Morgan fingerprint density at radius 1 is 1.00 bits per heavy atom. The summed E-state index contributed by atoms with van der Waals surface area (Å²) >= 11 is 1.17. The topological polar surface area (TPSA) is 151 Å². The zero-order valence-corrected chi connectivity index (χ0v) is 23.2. The molecule has 216 valence electrons. The first-order chi connectivity index (χ1) is 20.4. The number of hydrogen-bond acceptors (Lipinski definition) is 10. The Labute approximate surface area is 243 Å². The van der Waals surface area contributed by atoms with E-state index in [0.717, 1.165) is 10.1 Å². The normalized spacial score (nSPS) is 21.2. The molecule has 4 atom stereocenters. The Kier molecular flexibility index (Phi) is 7.80. The van der Waals surface area contributed by atoms with Crippen molar-refractivity contribution < 1.29 is 33.6 Å². The van der Waals surface area contributed by atoms with Crippen LogP contribution in [0, 0.1) is 0 Å². The van der Waals surface area contributed by atoms with Gasteiger partial charge in [0.1, 0.15) is 52.0 Å². The Bertz CT molecular complexity index is 1660. The molecule has 2 N–H and O–H groups in total. The van der Waals surface area contributed by atoms with Crippen LogP contribution >= 0.6 is 11.3 Å². The van der Waals surface area contributed by atoms with Crippen LogP contribution in [0.25, 0.3) is 22.0 Å². The molecule has 0 saturated carbocycles. The van der Waals surface area contributed by atoms with E-state index >= 15 is 0 Å². The highest BCUT2D eigenvalue weighted by Crippen LogP contribution is 2.32. The summed E-state index contributed by atoms with van der Waals surface area (Å²) in [6.45, 7) is 0.147. The molecule has 2 saturated heterocycles. The SMILES string of the molecule is CO[C@@H]1CO[C@H]2[C@@H]1OC[C@H]2Oc1ccc(-c2ncc(NC(=O)c3cnc(-c4ccccc4)s3)c(=O)n2CC(=O)O)cc1. The number of hydrogen-bond donors (Lipinski definition) is 2.